The molecule has 0 radical (unpaired) electrons. The third kappa shape index (κ3) is 2.62. The van der Waals surface area contributed by atoms with Crippen LogP contribution in [-0.2, 0) is 4.79 Å². The molecule has 0 unspecified atom stereocenters. The molecule has 0 amide bonds. The fraction of sp³-hybridized carbons (Fsp3) is 0. The normalized spacial score (nSPS) is 5.00. The Kier molecular flexibility index (Phi) is 2.86. The zero-order valence-corrected chi connectivity index (χ0v) is 3.80. The predicted octanol–water partition coefficient (Wildman–Crippen LogP) is -0.778. The van der Waals surface area contributed by atoms with Crippen LogP contribution in [0.2, 0.25) is 0 Å². The molecular formula is C5H2O3. The zero-order valence-electron chi connectivity index (χ0n) is 3.80. The van der Waals surface area contributed by atoms with Crippen molar-refractivity contribution in [1.82, 2.24) is 0 Å². The van der Waals surface area contributed by atoms with E-state index in [1.807, 2.05) is 0 Å². The average Bonchev–Trinajstić information content (AvgIpc) is 1.68. The Morgan fingerprint density at radius 1 is 1.12 bits per heavy atom. The lowest BCUT2D eigenvalue weighted by atomic mass is 10.4. The van der Waals surface area contributed by atoms with Crippen molar-refractivity contribution in [1.29, 1.82) is 0 Å². The molecule has 40 valence electrons. The molecule has 0 aromatic heterocycles. The first-order valence-electron chi connectivity index (χ1n) is 1.65. The highest BCUT2D eigenvalue weighted by Gasteiger charge is 1.83. The number of hydrogen-bond donors (Lipinski definition) is 2. The van der Waals surface area contributed by atoms with Gasteiger partial charge in [-0.15, -0.1) is 0 Å². The minimum Gasteiger partial charge on any atom is -0.462 e. The Bertz CT molecular complexity index is 173. The number of carbonyl (C=O) groups is 1. The highest BCUT2D eigenvalue weighted by molar-refractivity contribution is 6.08. The van der Waals surface area contributed by atoms with Crippen molar-refractivity contribution in [2.75, 3.05) is 0 Å². The number of aliphatic hydroxyl groups is 2. The molecule has 0 saturated carbocycles. The lowest BCUT2D eigenvalue weighted by molar-refractivity contribution is -0.109. The van der Waals surface area contributed by atoms with Crippen molar-refractivity contribution >= 4 is 5.78 Å². The molecule has 2 N–H and O–H groups in total. The van der Waals surface area contributed by atoms with Crippen molar-refractivity contribution in [3.63, 3.8) is 0 Å². The third-order valence-corrected chi connectivity index (χ3v) is 0.339. The van der Waals surface area contributed by atoms with Crippen molar-refractivity contribution < 1.29 is 15.0 Å². The molecule has 0 spiro atoms. The van der Waals surface area contributed by atoms with E-state index in [1.54, 1.807) is 11.8 Å². The molecule has 0 aromatic rings. The van der Waals surface area contributed by atoms with E-state index in [4.69, 9.17) is 10.2 Å². The second kappa shape index (κ2) is 3.58. The van der Waals surface area contributed by atoms with Crippen LogP contribution in [0.4, 0.5) is 0 Å². The van der Waals surface area contributed by atoms with Crippen molar-refractivity contribution in [2.45, 2.75) is 0 Å². The van der Waals surface area contributed by atoms with Crippen LogP contribution in [0, 0.1) is 24.1 Å². The van der Waals surface area contributed by atoms with Gasteiger partial charge in [0.05, 0.1) is 0 Å². The molecule has 0 bridgehead atoms. The summed E-state index contributed by atoms with van der Waals surface area (Å²) in [5.41, 5.74) is 0. The molecule has 0 aliphatic heterocycles. The number of hydrogen-bond acceptors (Lipinski definition) is 3. The van der Waals surface area contributed by atoms with Gasteiger partial charge in [-0.3, -0.25) is 4.79 Å². The lowest BCUT2D eigenvalue weighted by Gasteiger charge is -1.63. The Hall–Kier alpha value is -1.61. The van der Waals surface area contributed by atoms with Crippen LogP contribution in [0.3, 0.4) is 0 Å². The predicted molar refractivity (Wildman–Crippen MR) is 24.4 cm³/mol. The van der Waals surface area contributed by atoms with E-state index >= 15 is 0 Å². The molecule has 3 nitrogen and oxygen atoms in total. The van der Waals surface area contributed by atoms with Gasteiger partial charge in [0.2, 0.25) is 0 Å². The molecular weight excluding hydrogens is 108 g/mol. The van der Waals surface area contributed by atoms with Gasteiger partial charge in [0.15, 0.2) is 0 Å². The monoisotopic (exact) mass is 110 g/mol. The lowest BCUT2D eigenvalue weighted by Crippen LogP contribution is -1.85. The third-order valence-electron chi connectivity index (χ3n) is 0.339. The summed E-state index contributed by atoms with van der Waals surface area (Å²) < 4.78 is 0. The summed E-state index contributed by atoms with van der Waals surface area (Å²) in [6.45, 7) is 0. The van der Waals surface area contributed by atoms with Crippen molar-refractivity contribution in [3.8, 4) is 24.1 Å². The van der Waals surface area contributed by atoms with Crippen molar-refractivity contribution in [3.05, 3.63) is 0 Å². The first kappa shape index (κ1) is 6.39. The van der Waals surface area contributed by atoms with Crippen molar-refractivity contribution in [2.24, 2.45) is 0 Å². The number of carbonyl (C=O) groups excluding carboxylic acids is 1. The van der Waals surface area contributed by atoms with Gasteiger partial charge in [-0.1, -0.05) is 0 Å². The molecule has 3 heteroatoms. The summed E-state index contributed by atoms with van der Waals surface area (Å²) in [4.78, 5) is 9.98. The SMILES string of the molecule is O=C(C#CO)C#CO. The Morgan fingerprint density at radius 2 is 1.50 bits per heavy atom. The van der Waals surface area contributed by atoms with Gasteiger partial charge in [-0.05, 0) is 0 Å². The second-order valence-corrected chi connectivity index (χ2v) is 0.803. The largest absolute Gasteiger partial charge is 0.462 e. The standard InChI is InChI=1S/C5H2O3/c6-3-1-5(8)2-4-7/h6-7H. The smallest absolute Gasteiger partial charge is 0.285 e. The molecule has 0 saturated heterocycles. The molecule has 0 aliphatic carbocycles. The number of aliphatic hydroxyl groups excluding tert-OH is 2. The van der Waals surface area contributed by atoms with Gasteiger partial charge in [0.1, 0.15) is 12.2 Å². The maximum atomic E-state index is 9.98. The Labute approximate surface area is 45.9 Å². The number of rotatable bonds is 0. The second-order valence-electron chi connectivity index (χ2n) is 0.803. The molecule has 0 aliphatic rings. The van der Waals surface area contributed by atoms with Gasteiger partial charge in [-0.2, -0.15) is 0 Å². The summed E-state index contributed by atoms with van der Waals surface area (Å²) in [7, 11) is 0. The summed E-state index contributed by atoms with van der Waals surface area (Å²) in [6.07, 6.45) is 2.68. The highest BCUT2D eigenvalue weighted by Crippen LogP contribution is 1.59. The first-order chi connectivity index (χ1) is 3.81. The van der Waals surface area contributed by atoms with Gasteiger partial charge in [0.25, 0.3) is 5.78 Å². The van der Waals surface area contributed by atoms with Crippen LogP contribution in [0.15, 0.2) is 0 Å². The first-order valence-corrected chi connectivity index (χ1v) is 1.65. The maximum Gasteiger partial charge on any atom is 0.285 e. The average molecular weight is 110 g/mol. The Morgan fingerprint density at radius 3 is 1.75 bits per heavy atom. The van der Waals surface area contributed by atoms with E-state index in [0.717, 1.165) is 0 Å². The van der Waals surface area contributed by atoms with E-state index in [9.17, 15) is 4.79 Å². The van der Waals surface area contributed by atoms with Crippen LogP contribution >= 0.6 is 0 Å². The van der Waals surface area contributed by atoms with Crippen LogP contribution in [0.5, 0.6) is 0 Å². The zero-order chi connectivity index (χ0) is 6.41. The van der Waals surface area contributed by atoms with E-state index in [2.05, 4.69) is 0 Å². The molecule has 0 aromatic carbocycles. The molecule has 8 heavy (non-hydrogen) atoms. The fourth-order valence-corrected chi connectivity index (χ4v) is 0.133. The summed E-state index contributed by atoms with van der Waals surface area (Å²) in [6, 6.07) is 0. The van der Waals surface area contributed by atoms with E-state index < -0.39 is 5.78 Å². The summed E-state index contributed by atoms with van der Waals surface area (Å²) in [5.74, 6) is 2.55. The minimum atomic E-state index is -0.810. The van der Waals surface area contributed by atoms with Gasteiger partial charge in [-0.25, -0.2) is 0 Å². The van der Waals surface area contributed by atoms with E-state index in [-0.39, 0.29) is 0 Å². The summed E-state index contributed by atoms with van der Waals surface area (Å²) >= 11 is 0. The van der Waals surface area contributed by atoms with Crippen LogP contribution in [0.25, 0.3) is 0 Å². The van der Waals surface area contributed by atoms with Crippen LogP contribution in [0.1, 0.15) is 0 Å². The van der Waals surface area contributed by atoms with Gasteiger partial charge in [0, 0.05) is 11.8 Å². The molecule has 0 rings (SSSR count). The van der Waals surface area contributed by atoms with Gasteiger partial charge >= 0.3 is 0 Å². The number of ketones is 1. The topological polar surface area (TPSA) is 57.5 Å². The minimum absolute atomic E-state index is 0.810. The van der Waals surface area contributed by atoms with Crippen LogP contribution in [-0.4, -0.2) is 16.0 Å². The fourth-order valence-electron chi connectivity index (χ4n) is 0.133. The van der Waals surface area contributed by atoms with Crippen LogP contribution < -0.4 is 0 Å². The highest BCUT2D eigenvalue weighted by atomic mass is 16.2. The quantitative estimate of drug-likeness (QED) is 0.402. The number of Topliss-reactive ketones (excluding diaryl/α,β-unsaturated/α-hetero) is 1. The van der Waals surface area contributed by atoms with E-state index in [1.165, 1.54) is 12.2 Å². The maximum absolute atomic E-state index is 9.98. The van der Waals surface area contributed by atoms with E-state index in [0.29, 0.717) is 0 Å². The van der Waals surface area contributed by atoms with Gasteiger partial charge < -0.3 is 10.2 Å². The summed E-state index contributed by atoms with van der Waals surface area (Å²) in [5, 5.41) is 15.5. The molecule has 0 fully saturated rings. The molecule has 0 heterocycles. The Balaban J connectivity index is 3.92. The molecule has 0 atom stereocenters.